The number of hydrogen-bond acceptors (Lipinski definition) is 3. The van der Waals surface area contributed by atoms with Crippen LogP contribution in [0.25, 0.3) is 0 Å². The summed E-state index contributed by atoms with van der Waals surface area (Å²) in [7, 11) is 1.35. The third kappa shape index (κ3) is 2.44. The maximum Gasteiger partial charge on any atom is 0.337 e. The number of aliphatic hydroxyl groups is 1. The van der Waals surface area contributed by atoms with E-state index in [0.29, 0.717) is 11.5 Å². The molecule has 86 valence electrons. The van der Waals surface area contributed by atoms with Gasteiger partial charge in [0.1, 0.15) is 0 Å². The molecule has 0 bridgehead atoms. The van der Waals surface area contributed by atoms with E-state index in [0.717, 1.165) is 22.9 Å². The molecule has 4 heteroatoms. The first kappa shape index (κ1) is 11.6. The number of benzene rings is 1. The molecule has 1 aliphatic carbocycles. The van der Waals surface area contributed by atoms with Crippen LogP contribution in [0.15, 0.2) is 22.7 Å². The molecule has 1 aliphatic rings. The summed E-state index contributed by atoms with van der Waals surface area (Å²) >= 11 is 3.33. The zero-order chi connectivity index (χ0) is 11.7. The largest absolute Gasteiger partial charge is 0.465 e. The van der Waals surface area contributed by atoms with Gasteiger partial charge in [-0.25, -0.2) is 4.79 Å². The minimum absolute atomic E-state index is 0.347. The second-order valence-electron chi connectivity index (χ2n) is 4.05. The lowest BCUT2D eigenvalue weighted by molar-refractivity contribution is 0.0600. The average Bonchev–Trinajstić information content (AvgIpc) is 3.10. The van der Waals surface area contributed by atoms with Crippen LogP contribution in [0.2, 0.25) is 0 Å². The fourth-order valence-corrected chi connectivity index (χ4v) is 2.21. The Morgan fingerprint density at radius 2 is 2.19 bits per heavy atom. The minimum Gasteiger partial charge on any atom is -0.465 e. The summed E-state index contributed by atoms with van der Waals surface area (Å²) in [5, 5.41) is 9.99. The first-order valence-corrected chi connectivity index (χ1v) is 5.98. The standard InChI is InChI=1S/C12H13BrO3/c1-16-12(15)9-4-8(5-10(13)6-9)11(14)7-2-3-7/h4-7,11,14H,2-3H2,1H3. The van der Waals surface area contributed by atoms with Gasteiger partial charge in [0.2, 0.25) is 0 Å². The van der Waals surface area contributed by atoms with Crippen molar-refractivity contribution in [2.75, 3.05) is 7.11 Å². The topological polar surface area (TPSA) is 46.5 Å². The summed E-state index contributed by atoms with van der Waals surface area (Å²) in [6.07, 6.45) is 1.64. The van der Waals surface area contributed by atoms with E-state index in [1.54, 1.807) is 12.1 Å². The maximum absolute atomic E-state index is 11.4. The third-order valence-corrected chi connectivity index (χ3v) is 3.21. The van der Waals surface area contributed by atoms with Gasteiger partial charge in [0, 0.05) is 4.47 Å². The molecule has 0 aromatic heterocycles. The number of carbonyl (C=O) groups excluding carboxylic acids is 1. The number of halogens is 1. The van der Waals surface area contributed by atoms with Crippen molar-refractivity contribution in [3.63, 3.8) is 0 Å². The molecule has 16 heavy (non-hydrogen) atoms. The Kier molecular flexibility index (Phi) is 3.30. The Balaban J connectivity index is 2.31. The monoisotopic (exact) mass is 284 g/mol. The van der Waals surface area contributed by atoms with E-state index in [1.165, 1.54) is 7.11 Å². The van der Waals surface area contributed by atoms with Gasteiger partial charge in [-0.2, -0.15) is 0 Å². The number of esters is 1. The molecule has 1 aromatic carbocycles. The predicted octanol–water partition coefficient (Wildman–Crippen LogP) is 2.68. The van der Waals surface area contributed by atoms with E-state index in [4.69, 9.17) is 0 Å². The van der Waals surface area contributed by atoms with Crippen molar-refractivity contribution in [2.24, 2.45) is 5.92 Å². The van der Waals surface area contributed by atoms with E-state index < -0.39 is 6.10 Å². The van der Waals surface area contributed by atoms with Crippen LogP contribution in [0.1, 0.15) is 34.9 Å². The van der Waals surface area contributed by atoms with Gasteiger partial charge in [0.15, 0.2) is 0 Å². The highest BCUT2D eigenvalue weighted by molar-refractivity contribution is 9.10. The summed E-state index contributed by atoms with van der Waals surface area (Å²) in [6.45, 7) is 0. The number of hydrogen-bond donors (Lipinski definition) is 1. The van der Waals surface area contributed by atoms with Crippen molar-refractivity contribution < 1.29 is 14.6 Å². The molecule has 0 heterocycles. The van der Waals surface area contributed by atoms with Gasteiger partial charge in [0.25, 0.3) is 0 Å². The molecular formula is C12H13BrO3. The van der Waals surface area contributed by atoms with Crippen LogP contribution in [0.5, 0.6) is 0 Å². The number of carbonyl (C=O) groups is 1. The average molecular weight is 285 g/mol. The summed E-state index contributed by atoms with van der Waals surface area (Å²) in [5.74, 6) is -0.0367. The van der Waals surface area contributed by atoms with Crippen LogP contribution in [0, 0.1) is 5.92 Å². The lowest BCUT2D eigenvalue weighted by Gasteiger charge is -2.11. The van der Waals surface area contributed by atoms with Crippen molar-refractivity contribution in [2.45, 2.75) is 18.9 Å². The number of rotatable bonds is 3. The molecule has 1 atom stereocenters. The highest BCUT2D eigenvalue weighted by Crippen LogP contribution is 2.41. The van der Waals surface area contributed by atoms with Gasteiger partial charge in [-0.05, 0) is 42.5 Å². The lowest BCUT2D eigenvalue weighted by Crippen LogP contribution is -2.05. The molecule has 0 radical (unpaired) electrons. The first-order valence-electron chi connectivity index (χ1n) is 5.18. The van der Waals surface area contributed by atoms with Gasteiger partial charge in [-0.15, -0.1) is 0 Å². The fraction of sp³-hybridized carbons (Fsp3) is 0.417. The Morgan fingerprint density at radius 3 is 2.75 bits per heavy atom. The Labute approximate surface area is 103 Å². The molecule has 2 rings (SSSR count). The van der Waals surface area contributed by atoms with Gasteiger partial charge < -0.3 is 9.84 Å². The van der Waals surface area contributed by atoms with Crippen molar-refractivity contribution in [3.05, 3.63) is 33.8 Å². The van der Waals surface area contributed by atoms with Crippen LogP contribution in [0.4, 0.5) is 0 Å². The van der Waals surface area contributed by atoms with Gasteiger partial charge >= 0.3 is 5.97 Å². The van der Waals surface area contributed by atoms with Crippen LogP contribution in [-0.2, 0) is 4.74 Å². The molecule has 0 saturated heterocycles. The van der Waals surface area contributed by atoms with Crippen molar-refractivity contribution >= 4 is 21.9 Å². The predicted molar refractivity (Wildman–Crippen MR) is 63.2 cm³/mol. The van der Waals surface area contributed by atoms with Gasteiger partial charge in [-0.3, -0.25) is 0 Å². The van der Waals surface area contributed by atoms with Crippen LogP contribution in [0.3, 0.4) is 0 Å². The van der Waals surface area contributed by atoms with E-state index in [2.05, 4.69) is 20.7 Å². The summed E-state index contributed by atoms with van der Waals surface area (Å²) in [5.41, 5.74) is 1.24. The second-order valence-corrected chi connectivity index (χ2v) is 4.96. The Morgan fingerprint density at radius 1 is 1.50 bits per heavy atom. The van der Waals surface area contributed by atoms with E-state index in [-0.39, 0.29) is 5.97 Å². The quantitative estimate of drug-likeness (QED) is 0.868. The van der Waals surface area contributed by atoms with Gasteiger partial charge in [0.05, 0.1) is 18.8 Å². The van der Waals surface area contributed by atoms with Crippen molar-refractivity contribution in [1.29, 1.82) is 0 Å². The smallest absolute Gasteiger partial charge is 0.337 e. The fourth-order valence-electron chi connectivity index (χ4n) is 1.70. The molecule has 1 saturated carbocycles. The highest BCUT2D eigenvalue weighted by atomic mass is 79.9. The van der Waals surface area contributed by atoms with Crippen molar-refractivity contribution in [3.8, 4) is 0 Å². The minimum atomic E-state index is -0.471. The summed E-state index contributed by atoms with van der Waals surface area (Å²) in [6, 6.07) is 5.23. The molecule has 1 N–H and O–H groups in total. The molecular weight excluding hydrogens is 272 g/mol. The van der Waals surface area contributed by atoms with Gasteiger partial charge in [-0.1, -0.05) is 15.9 Å². The van der Waals surface area contributed by atoms with Crippen LogP contribution >= 0.6 is 15.9 Å². The Bertz CT molecular complexity index is 413. The van der Waals surface area contributed by atoms with E-state index >= 15 is 0 Å². The SMILES string of the molecule is COC(=O)c1cc(Br)cc(C(O)C2CC2)c1. The van der Waals surface area contributed by atoms with E-state index in [9.17, 15) is 9.90 Å². The second kappa shape index (κ2) is 4.55. The first-order chi connectivity index (χ1) is 7.61. The lowest BCUT2D eigenvalue weighted by atomic mass is 10.0. The summed E-state index contributed by atoms with van der Waals surface area (Å²) < 4.78 is 5.44. The zero-order valence-electron chi connectivity index (χ0n) is 8.94. The molecule has 0 spiro atoms. The normalized spacial score (nSPS) is 16.9. The number of aliphatic hydroxyl groups excluding tert-OH is 1. The zero-order valence-corrected chi connectivity index (χ0v) is 10.5. The maximum atomic E-state index is 11.4. The van der Waals surface area contributed by atoms with Crippen molar-refractivity contribution in [1.82, 2.24) is 0 Å². The van der Waals surface area contributed by atoms with Crippen LogP contribution in [-0.4, -0.2) is 18.2 Å². The number of ether oxygens (including phenoxy) is 1. The highest BCUT2D eigenvalue weighted by Gasteiger charge is 2.31. The molecule has 1 aromatic rings. The molecule has 3 nitrogen and oxygen atoms in total. The molecule has 1 unspecified atom stereocenters. The van der Waals surface area contributed by atoms with Crippen LogP contribution < -0.4 is 0 Å². The number of methoxy groups -OCH3 is 1. The Hall–Kier alpha value is -0.870. The third-order valence-electron chi connectivity index (χ3n) is 2.75. The summed E-state index contributed by atoms with van der Waals surface area (Å²) in [4.78, 5) is 11.4. The van der Waals surface area contributed by atoms with E-state index in [1.807, 2.05) is 6.07 Å². The molecule has 0 aliphatic heterocycles. The molecule has 1 fully saturated rings. The molecule has 0 amide bonds.